The van der Waals surface area contributed by atoms with E-state index in [4.69, 9.17) is 4.74 Å². The molecule has 2 aliphatic heterocycles. The Morgan fingerprint density at radius 3 is 2.73 bits per heavy atom. The van der Waals surface area contributed by atoms with E-state index in [0.717, 1.165) is 30.0 Å². The third kappa shape index (κ3) is 3.79. The molecule has 0 unspecified atom stereocenters. The van der Waals surface area contributed by atoms with Gasteiger partial charge in [-0.25, -0.2) is 0 Å². The molecule has 0 bridgehead atoms. The normalized spacial score (nSPS) is 26.7. The number of carbonyl (C=O) groups excluding carboxylic acids is 1. The number of fused-ring (bicyclic) bond motifs is 1. The van der Waals surface area contributed by atoms with E-state index in [2.05, 4.69) is 25.7 Å². The Kier molecular flexibility index (Phi) is 5.29. The van der Waals surface area contributed by atoms with Crippen LogP contribution in [0.3, 0.4) is 0 Å². The predicted molar refractivity (Wildman–Crippen MR) is 107 cm³/mol. The lowest BCUT2D eigenvalue weighted by Crippen LogP contribution is -2.55. The van der Waals surface area contributed by atoms with Gasteiger partial charge in [0, 0.05) is 29.6 Å². The van der Waals surface area contributed by atoms with Crippen molar-refractivity contribution in [3.8, 4) is 5.75 Å². The lowest BCUT2D eigenvalue weighted by atomic mass is 9.83. The van der Waals surface area contributed by atoms with Crippen molar-refractivity contribution in [2.75, 3.05) is 19.6 Å². The summed E-state index contributed by atoms with van der Waals surface area (Å²) in [7, 11) is 0. The summed E-state index contributed by atoms with van der Waals surface area (Å²) in [5, 5.41) is 0. The van der Waals surface area contributed by atoms with Crippen molar-refractivity contribution in [2.24, 2.45) is 5.92 Å². The number of hydrogen-bond acceptors (Lipinski definition) is 3. The molecule has 0 radical (unpaired) electrons. The van der Waals surface area contributed by atoms with Crippen molar-refractivity contribution in [1.29, 1.82) is 0 Å². The van der Waals surface area contributed by atoms with Crippen molar-refractivity contribution in [2.45, 2.75) is 64.1 Å². The van der Waals surface area contributed by atoms with E-state index in [1.807, 2.05) is 32.0 Å². The first-order valence-electron chi connectivity index (χ1n) is 10.0. The van der Waals surface area contributed by atoms with Crippen molar-refractivity contribution in [3.63, 3.8) is 0 Å². The maximum atomic E-state index is 13.2. The van der Waals surface area contributed by atoms with Gasteiger partial charge in [0.1, 0.15) is 5.75 Å². The zero-order valence-corrected chi connectivity index (χ0v) is 17.4. The Morgan fingerprint density at radius 2 is 2.00 bits per heavy atom. The van der Waals surface area contributed by atoms with Crippen LogP contribution in [-0.2, 0) is 0 Å². The van der Waals surface area contributed by atoms with Gasteiger partial charge in [0.25, 0.3) is 5.91 Å². The van der Waals surface area contributed by atoms with E-state index >= 15 is 0 Å². The number of benzene rings is 1. The van der Waals surface area contributed by atoms with Gasteiger partial charge in [-0.1, -0.05) is 15.9 Å². The van der Waals surface area contributed by atoms with E-state index in [0.29, 0.717) is 23.3 Å². The number of nitrogens with zero attached hydrogens (tertiary/aromatic N) is 2. The zero-order chi connectivity index (χ0) is 18.3. The molecule has 0 N–H and O–H groups in total. The van der Waals surface area contributed by atoms with Gasteiger partial charge in [0.15, 0.2) is 0 Å². The molecule has 1 saturated carbocycles. The molecule has 4 rings (SSSR count). The topological polar surface area (TPSA) is 32.8 Å². The van der Waals surface area contributed by atoms with E-state index < -0.39 is 0 Å². The second kappa shape index (κ2) is 7.51. The second-order valence-electron chi connectivity index (χ2n) is 8.29. The third-order valence-corrected chi connectivity index (χ3v) is 6.44. The fourth-order valence-corrected chi connectivity index (χ4v) is 5.02. The first-order valence-corrected chi connectivity index (χ1v) is 10.8. The van der Waals surface area contributed by atoms with Gasteiger partial charge in [-0.2, -0.15) is 0 Å². The largest absolute Gasteiger partial charge is 0.490 e. The van der Waals surface area contributed by atoms with Crippen LogP contribution in [-0.4, -0.2) is 53.5 Å². The van der Waals surface area contributed by atoms with E-state index in [1.54, 1.807) is 0 Å². The number of hydrogen-bond donors (Lipinski definition) is 0. The summed E-state index contributed by atoms with van der Waals surface area (Å²) in [5.41, 5.74) is 0.690. The fourth-order valence-electron chi connectivity index (χ4n) is 4.68. The summed E-state index contributed by atoms with van der Waals surface area (Å²) in [6.45, 7) is 7.01. The van der Waals surface area contributed by atoms with Gasteiger partial charge in [-0.05, 0) is 76.6 Å². The van der Waals surface area contributed by atoms with Crippen molar-refractivity contribution in [3.05, 3.63) is 28.2 Å². The van der Waals surface area contributed by atoms with Crippen LogP contribution in [0.2, 0.25) is 0 Å². The Balaban J connectivity index is 1.49. The SMILES string of the molecule is CC(C)Oc1cc(Br)ccc1C(=O)N1CC[C@H]2[C@H](CCCN2C2CC2)C1. The van der Waals surface area contributed by atoms with Gasteiger partial charge in [-0.15, -0.1) is 0 Å². The molecule has 1 aromatic rings. The highest BCUT2D eigenvalue weighted by molar-refractivity contribution is 9.10. The lowest BCUT2D eigenvalue weighted by Gasteiger charge is -2.47. The summed E-state index contributed by atoms with van der Waals surface area (Å²) in [5.74, 6) is 1.44. The summed E-state index contributed by atoms with van der Waals surface area (Å²) in [6, 6.07) is 7.27. The molecule has 2 saturated heterocycles. The van der Waals surface area contributed by atoms with E-state index in [9.17, 15) is 4.79 Å². The number of halogens is 1. The molecule has 3 fully saturated rings. The molecule has 2 heterocycles. The Bertz CT molecular complexity index is 674. The monoisotopic (exact) mass is 420 g/mol. The molecule has 5 heteroatoms. The van der Waals surface area contributed by atoms with Crippen LogP contribution in [0, 0.1) is 5.92 Å². The molecule has 1 aromatic carbocycles. The summed E-state index contributed by atoms with van der Waals surface area (Å²) < 4.78 is 6.86. The van der Waals surface area contributed by atoms with Gasteiger partial charge >= 0.3 is 0 Å². The molecule has 26 heavy (non-hydrogen) atoms. The highest BCUT2D eigenvalue weighted by atomic mass is 79.9. The molecular weight excluding hydrogens is 392 g/mol. The molecule has 3 aliphatic rings. The number of carbonyl (C=O) groups is 1. The summed E-state index contributed by atoms with van der Waals surface area (Å²) in [4.78, 5) is 18.0. The molecule has 4 nitrogen and oxygen atoms in total. The fraction of sp³-hybridized carbons (Fsp3) is 0.667. The number of ether oxygens (including phenoxy) is 1. The molecule has 1 amide bonds. The van der Waals surface area contributed by atoms with Gasteiger partial charge < -0.3 is 9.64 Å². The maximum absolute atomic E-state index is 13.2. The van der Waals surface area contributed by atoms with Crippen LogP contribution in [0.1, 0.15) is 56.3 Å². The molecule has 2 atom stereocenters. The minimum atomic E-state index is 0.0482. The highest BCUT2D eigenvalue weighted by Gasteiger charge is 2.42. The number of likely N-dealkylation sites (tertiary alicyclic amines) is 2. The van der Waals surface area contributed by atoms with Crippen molar-refractivity contribution >= 4 is 21.8 Å². The molecule has 0 aromatic heterocycles. The van der Waals surface area contributed by atoms with Crippen LogP contribution in [0.5, 0.6) is 5.75 Å². The van der Waals surface area contributed by atoms with Crippen LogP contribution < -0.4 is 4.74 Å². The van der Waals surface area contributed by atoms with Crippen molar-refractivity contribution in [1.82, 2.24) is 9.80 Å². The molecule has 1 aliphatic carbocycles. The lowest BCUT2D eigenvalue weighted by molar-refractivity contribution is 0.0172. The first kappa shape index (κ1) is 18.3. The number of amides is 1. The van der Waals surface area contributed by atoms with Crippen LogP contribution in [0.4, 0.5) is 0 Å². The van der Waals surface area contributed by atoms with Crippen LogP contribution >= 0.6 is 15.9 Å². The Hall–Kier alpha value is -1.07. The minimum absolute atomic E-state index is 0.0482. The standard InChI is InChI=1S/C21H29BrN2O2/c1-14(2)26-20-12-16(22)5-8-18(20)21(25)23-11-9-19-15(13-23)4-3-10-24(19)17-6-7-17/h5,8,12,14-15,17,19H,3-4,6-7,9-11,13H2,1-2H3/t15-,19+/m1/s1. The maximum Gasteiger partial charge on any atom is 0.257 e. The van der Waals surface area contributed by atoms with Crippen LogP contribution in [0.25, 0.3) is 0 Å². The minimum Gasteiger partial charge on any atom is -0.490 e. The third-order valence-electron chi connectivity index (χ3n) is 5.95. The summed E-state index contributed by atoms with van der Waals surface area (Å²) in [6.07, 6.45) is 6.45. The highest BCUT2D eigenvalue weighted by Crippen LogP contribution is 2.39. The van der Waals surface area contributed by atoms with Gasteiger partial charge in [-0.3, -0.25) is 9.69 Å². The van der Waals surface area contributed by atoms with E-state index in [1.165, 1.54) is 32.2 Å². The first-order chi connectivity index (χ1) is 12.5. The summed E-state index contributed by atoms with van der Waals surface area (Å²) >= 11 is 3.49. The Labute approximate surface area is 165 Å². The quantitative estimate of drug-likeness (QED) is 0.726. The van der Waals surface area contributed by atoms with E-state index in [-0.39, 0.29) is 12.0 Å². The second-order valence-corrected chi connectivity index (χ2v) is 9.20. The average molecular weight is 421 g/mol. The van der Waals surface area contributed by atoms with Crippen molar-refractivity contribution < 1.29 is 9.53 Å². The zero-order valence-electron chi connectivity index (χ0n) is 15.8. The molecule has 142 valence electrons. The molecular formula is C21H29BrN2O2. The number of rotatable bonds is 4. The van der Waals surface area contributed by atoms with Gasteiger partial charge in [0.05, 0.1) is 11.7 Å². The average Bonchev–Trinajstić information content (AvgIpc) is 3.45. The molecule has 0 spiro atoms. The Morgan fingerprint density at radius 1 is 1.19 bits per heavy atom. The van der Waals surface area contributed by atoms with Gasteiger partial charge in [0.2, 0.25) is 0 Å². The number of piperidine rings is 2. The predicted octanol–water partition coefficient (Wildman–Crippen LogP) is 4.33. The smallest absolute Gasteiger partial charge is 0.257 e. The van der Waals surface area contributed by atoms with Crippen LogP contribution in [0.15, 0.2) is 22.7 Å².